The van der Waals surface area contributed by atoms with E-state index in [4.69, 9.17) is 0 Å². The first-order chi connectivity index (χ1) is 8.98. The second-order valence-electron chi connectivity index (χ2n) is 4.24. The number of hydrogen-bond donors (Lipinski definition) is 2. The van der Waals surface area contributed by atoms with Crippen LogP contribution in [0.5, 0.6) is 0 Å². The van der Waals surface area contributed by atoms with E-state index in [0.717, 1.165) is 5.56 Å². The fraction of sp³-hybridized carbons (Fsp3) is 0.462. The highest BCUT2D eigenvalue weighted by Crippen LogP contribution is 2.06. The van der Waals surface area contributed by atoms with Crippen molar-refractivity contribution < 1.29 is 13.2 Å². The molecule has 106 valence electrons. The Labute approximate surface area is 114 Å². The molecule has 6 heteroatoms. The summed E-state index contributed by atoms with van der Waals surface area (Å²) in [7, 11) is -1.58. The van der Waals surface area contributed by atoms with Crippen LogP contribution in [-0.4, -0.2) is 33.7 Å². The number of nitrogens with one attached hydrogen (secondary N) is 2. The molecule has 0 unspecified atom stereocenters. The summed E-state index contributed by atoms with van der Waals surface area (Å²) in [6.45, 7) is 2.17. The number of carbonyl (C=O) groups excluding carboxylic acids is 1. The molecule has 0 radical (unpaired) electrons. The summed E-state index contributed by atoms with van der Waals surface area (Å²) < 4.78 is 25.5. The molecule has 5 nitrogen and oxygen atoms in total. The Morgan fingerprint density at radius 1 is 1.32 bits per heavy atom. The van der Waals surface area contributed by atoms with Crippen LogP contribution in [0.3, 0.4) is 0 Å². The summed E-state index contributed by atoms with van der Waals surface area (Å²) in [6, 6.07) is 7.16. The molecule has 1 rings (SSSR count). The van der Waals surface area contributed by atoms with E-state index in [9.17, 15) is 13.2 Å². The summed E-state index contributed by atoms with van der Waals surface area (Å²) >= 11 is 0. The molecule has 1 amide bonds. The lowest BCUT2D eigenvalue weighted by Crippen LogP contribution is -2.28. The Morgan fingerprint density at radius 3 is 2.68 bits per heavy atom. The van der Waals surface area contributed by atoms with Crippen molar-refractivity contribution in [2.24, 2.45) is 0 Å². The average Bonchev–Trinajstić information content (AvgIpc) is 2.38. The third kappa shape index (κ3) is 5.40. The van der Waals surface area contributed by atoms with Gasteiger partial charge >= 0.3 is 0 Å². The average molecular weight is 284 g/mol. The van der Waals surface area contributed by atoms with Crippen LogP contribution in [0.2, 0.25) is 0 Å². The minimum absolute atomic E-state index is 0.144. The van der Waals surface area contributed by atoms with Gasteiger partial charge in [-0.25, -0.2) is 13.1 Å². The number of sulfonamides is 1. The molecular weight excluding hydrogens is 264 g/mol. The minimum atomic E-state index is -3.16. The van der Waals surface area contributed by atoms with E-state index in [1.807, 2.05) is 13.0 Å². The molecule has 0 heterocycles. The summed E-state index contributed by atoms with van der Waals surface area (Å²) in [5.74, 6) is -0.000860. The van der Waals surface area contributed by atoms with Crippen LogP contribution in [0.15, 0.2) is 24.3 Å². The van der Waals surface area contributed by atoms with Crippen molar-refractivity contribution in [2.45, 2.75) is 19.8 Å². The van der Waals surface area contributed by atoms with E-state index in [-0.39, 0.29) is 11.7 Å². The zero-order chi connectivity index (χ0) is 14.3. The maximum Gasteiger partial charge on any atom is 0.251 e. The summed E-state index contributed by atoms with van der Waals surface area (Å²) in [4.78, 5) is 11.5. The van der Waals surface area contributed by atoms with Gasteiger partial charge < -0.3 is 5.32 Å². The molecule has 0 aliphatic carbocycles. The molecule has 0 bridgehead atoms. The lowest BCUT2D eigenvalue weighted by Gasteiger charge is -2.07. The van der Waals surface area contributed by atoms with Gasteiger partial charge in [0.2, 0.25) is 10.0 Å². The van der Waals surface area contributed by atoms with Crippen molar-refractivity contribution in [3.8, 4) is 0 Å². The smallest absolute Gasteiger partial charge is 0.251 e. The molecule has 0 spiro atoms. The normalized spacial score (nSPS) is 11.3. The number of amides is 1. The highest BCUT2D eigenvalue weighted by atomic mass is 32.2. The fourth-order valence-corrected chi connectivity index (χ4v) is 2.80. The molecule has 0 aliphatic heterocycles. The third-order valence-electron chi connectivity index (χ3n) is 2.62. The second-order valence-corrected chi connectivity index (χ2v) is 6.17. The maximum atomic E-state index is 11.5. The molecule has 1 aromatic rings. The SMILES string of the molecule is CCCS(=O)(=O)NCCc1cccc(C(=O)NC)c1. The molecule has 19 heavy (non-hydrogen) atoms. The van der Waals surface area contributed by atoms with Gasteiger partial charge in [-0.15, -0.1) is 0 Å². The van der Waals surface area contributed by atoms with Crippen LogP contribution in [0, 0.1) is 0 Å². The van der Waals surface area contributed by atoms with Crippen LogP contribution in [0.25, 0.3) is 0 Å². The number of benzene rings is 1. The Morgan fingerprint density at radius 2 is 2.05 bits per heavy atom. The zero-order valence-corrected chi connectivity index (χ0v) is 12.1. The van der Waals surface area contributed by atoms with Gasteiger partial charge in [0, 0.05) is 19.2 Å². The molecule has 1 aromatic carbocycles. The Bertz CT molecular complexity index is 526. The number of rotatable bonds is 7. The van der Waals surface area contributed by atoms with Crippen LogP contribution in [0.4, 0.5) is 0 Å². The monoisotopic (exact) mass is 284 g/mol. The van der Waals surface area contributed by atoms with Gasteiger partial charge in [-0.3, -0.25) is 4.79 Å². The van der Waals surface area contributed by atoms with E-state index in [2.05, 4.69) is 10.0 Å². The summed E-state index contributed by atoms with van der Waals surface area (Å²) in [5, 5.41) is 2.56. The third-order valence-corrected chi connectivity index (χ3v) is 4.21. The first-order valence-corrected chi connectivity index (χ1v) is 7.92. The van der Waals surface area contributed by atoms with Crippen molar-refractivity contribution >= 4 is 15.9 Å². The van der Waals surface area contributed by atoms with Crippen LogP contribution < -0.4 is 10.0 Å². The molecule has 0 saturated heterocycles. The Balaban J connectivity index is 2.57. The number of hydrogen-bond acceptors (Lipinski definition) is 3. The Kier molecular flexibility index (Phi) is 5.98. The molecule has 0 aromatic heterocycles. The molecule has 0 fully saturated rings. The molecule has 0 aliphatic rings. The molecule has 2 N–H and O–H groups in total. The first-order valence-electron chi connectivity index (χ1n) is 6.27. The summed E-state index contributed by atoms with van der Waals surface area (Å²) in [5.41, 5.74) is 1.51. The standard InChI is InChI=1S/C13H20N2O3S/c1-3-9-19(17,18)15-8-7-11-5-4-6-12(10-11)13(16)14-2/h4-6,10,15H,3,7-9H2,1-2H3,(H,14,16). The van der Waals surface area contributed by atoms with Gasteiger partial charge in [-0.05, 0) is 30.5 Å². The van der Waals surface area contributed by atoms with E-state index in [1.54, 1.807) is 25.2 Å². The van der Waals surface area contributed by atoms with Crippen LogP contribution in [-0.2, 0) is 16.4 Å². The largest absolute Gasteiger partial charge is 0.355 e. The molecular formula is C13H20N2O3S. The fourth-order valence-electron chi connectivity index (χ4n) is 1.70. The van der Waals surface area contributed by atoms with Crippen LogP contribution in [0.1, 0.15) is 29.3 Å². The highest BCUT2D eigenvalue weighted by molar-refractivity contribution is 7.89. The van der Waals surface area contributed by atoms with Crippen molar-refractivity contribution in [1.29, 1.82) is 0 Å². The van der Waals surface area contributed by atoms with Gasteiger partial charge in [-0.1, -0.05) is 19.1 Å². The Hall–Kier alpha value is -1.40. The lowest BCUT2D eigenvalue weighted by molar-refractivity contribution is 0.0963. The van der Waals surface area contributed by atoms with Crippen molar-refractivity contribution in [3.05, 3.63) is 35.4 Å². The van der Waals surface area contributed by atoms with Crippen molar-refractivity contribution in [3.63, 3.8) is 0 Å². The topological polar surface area (TPSA) is 75.3 Å². The minimum Gasteiger partial charge on any atom is -0.355 e. The van der Waals surface area contributed by atoms with E-state index in [1.165, 1.54) is 0 Å². The van der Waals surface area contributed by atoms with Crippen LogP contribution >= 0.6 is 0 Å². The molecule has 0 atom stereocenters. The first kappa shape index (κ1) is 15.7. The predicted octanol–water partition coefficient (Wildman–Crippen LogP) is 0.918. The van der Waals surface area contributed by atoms with Crippen molar-refractivity contribution in [2.75, 3.05) is 19.3 Å². The van der Waals surface area contributed by atoms with E-state index >= 15 is 0 Å². The zero-order valence-electron chi connectivity index (χ0n) is 11.3. The number of carbonyl (C=O) groups is 1. The highest BCUT2D eigenvalue weighted by Gasteiger charge is 2.08. The van der Waals surface area contributed by atoms with Gasteiger partial charge in [0.1, 0.15) is 0 Å². The van der Waals surface area contributed by atoms with Gasteiger partial charge in [0.15, 0.2) is 0 Å². The summed E-state index contributed by atoms with van der Waals surface area (Å²) in [6.07, 6.45) is 1.16. The molecule has 0 saturated carbocycles. The van der Waals surface area contributed by atoms with E-state index in [0.29, 0.717) is 24.9 Å². The lowest BCUT2D eigenvalue weighted by atomic mass is 10.1. The van der Waals surface area contributed by atoms with Gasteiger partial charge in [0.25, 0.3) is 5.91 Å². The maximum absolute atomic E-state index is 11.5. The van der Waals surface area contributed by atoms with Gasteiger partial charge in [0.05, 0.1) is 5.75 Å². The predicted molar refractivity (Wildman–Crippen MR) is 75.6 cm³/mol. The second kappa shape index (κ2) is 7.25. The quantitative estimate of drug-likeness (QED) is 0.781. The van der Waals surface area contributed by atoms with Gasteiger partial charge in [-0.2, -0.15) is 0 Å². The van der Waals surface area contributed by atoms with Crippen molar-refractivity contribution in [1.82, 2.24) is 10.0 Å². The van der Waals surface area contributed by atoms with E-state index < -0.39 is 10.0 Å².